The number of ether oxygens (including phenoxy) is 1. The summed E-state index contributed by atoms with van der Waals surface area (Å²) in [5.41, 5.74) is 1.89. The molecule has 0 aliphatic carbocycles. The second kappa shape index (κ2) is 9.88. The zero-order valence-electron chi connectivity index (χ0n) is 18.2. The van der Waals surface area contributed by atoms with Crippen LogP contribution in [0.5, 0.6) is 5.75 Å². The molecule has 8 nitrogen and oxygen atoms in total. The highest BCUT2D eigenvalue weighted by Gasteiger charge is 2.21. The summed E-state index contributed by atoms with van der Waals surface area (Å²) in [4.78, 5) is 21.1. The monoisotopic (exact) mass is 439 g/mol. The molecule has 0 radical (unpaired) electrons. The third-order valence-corrected chi connectivity index (χ3v) is 5.46. The number of anilines is 1. The van der Waals surface area contributed by atoms with E-state index in [1.54, 1.807) is 26.2 Å². The van der Waals surface area contributed by atoms with Crippen molar-refractivity contribution in [2.75, 3.05) is 45.2 Å². The molecule has 3 aromatic rings. The van der Waals surface area contributed by atoms with Gasteiger partial charge >= 0.3 is 0 Å². The van der Waals surface area contributed by atoms with Crippen molar-refractivity contribution < 1.29 is 18.4 Å². The predicted molar refractivity (Wildman–Crippen MR) is 118 cm³/mol. The standard InChI is InChI=1S/C23H26FN5O3/c1-16-3-6-18(13-20(16)24)25-21(30)14-28-9-11-29(12-10-28)15-22-26-23(27-32-22)17-4-7-19(31-2)8-5-17/h3-8,13H,9-12,14-15H2,1-2H3,(H,25,30). The summed E-state index contributed by atoms with van der Waals surface area (Å²) in [5.74, 6) is 1.40. The molecule has 4 rings (SSSR count). The number of methoxy groups -OCH3 is 1. The van der Waals surface area contributed by atoms with Crippen LogP contribution >= 0.6 is 0 Å². The van der Waals surface area contributed by atoms with Crippen LogP contribution in [0.3, 0.4) is 0 Å². The van der Waals surface area contributed by atoms with Crippen molar-refractivity contribution in [1.82, 2.24) is 19.9 Å². The molecule has 1 fully saturated rings. The molecule has 1 aliphatic rings. The topological polar surface area (TPSA) is 83.7 Å². The number of hydrogen-bond donors (Lipinski definition) is 1. The van der Waals surface area contributed by atoms with E-state index in [1.807, 2.05) is 24.3 Å². The molecule has 2 heterocycles. The zero-order chi connectivity index (χ0) is 22.5. The fourth-order valence-corrected chi connectivity index (χ4v) is 3.55. The molecule has 0 bridgehead atoms. The van der Waals surface area contributed by atoms with E-state index in [1.165, 1.54) is 6.07 Å². The summed E-state index contributed by atoms with van der Waals surface area (Å²) in [7, 11) is 1.62. The lowest BCUT2D eigenvalue weighted by Crippen LogP contribution is -2.48. The van der Waals surface area contributed by atoms with E-state index in [2.05, 4.69) is 25.3 Å². The summed E-state index contributed by atoms with van der Waals surface area (Å²) in [6.45, 7) is 5.58. The molecule has 0 atom stereocenters. The lowest BCUT2D eigenvalue weighted by Gasteiger charge is -2.33. The van der Waals surface area contributed by atoms with Crippen molar-refractivity contribution in [1.29, 1.82) is 0 Å². The first-order chi connectivity index (χ1) is 15.5. The van der Waals surface area contributed by atoms with Crippen LogP contribution in [0.15, 0.2) is 47.0 Å². The van der Waals surface area contributed by atoms with E-state index in [9.17, 15) is 9.18 Å². The van der Waals surface area contributed by atoms with Crippen LogP contribution in [0.25, 0.3) is 11.4 Å². The number of rotatable bonds is 7. The molecule has 1 amide bonds. The average Bonchev–Trinajstić information content (AvgIpc) is 3.26. The Morgan fingerprint density at radius 2 is 1.84 bits per heavy atom. The van der Waals surface area contributed by atoms with Crippen LogP contribution in [0.2, 0.25) is 0 Å². The van der Waals surface area contributed by atoms with E-state index in [0.29, 0.717) is 29.5 Å². The molecule has 1 aromatic heterocycles. The smallest absolute Gasteiger partial charge is 0.241 e. The summed E-state index contributed by atoms with van der Waals surface area (Å²) >= 11 is 0. The van der Waals surface area contributed by atoms with Gasteiger partial charge in [-0.3, -0.25) is 14.6 Å². The molecule has 32 heavy (non-hydrogen) atoms. The lowest BCUT2D eigenvalue weighted by molar-refractivity contribution is -0.117. The second-order valence-electron chi connectivity index (χ2n) is 7.80. The minimum atomic E-state index is -0.326. The summed E-state index contributed by atoms with van der Waals surface area (Å²) in [5, 5.41) is 6.83. The number of carbonyl (C=O) groups is 1. The Hall–Kier alpha value is -3.30. The maximum atomic E-state index is 13.6. The Labute approximate surface area is 186 Å². The second-order valence-corrected chi connectivity index (χ2v) is 7.80. The maximum absolute atomic E-state index is 13.6. The van der Waals surface area contributed by atoms with Gasteiger partial charge in [-0.1, -0.05) is 11.2 Å². The lowest BCUT2D eigenvalue weighted by atomic mass is 10.2. The summed E-state index contributed by atoms with van der Waals surface area (Å²) < 4.78 is 24.2. The predicted octanol–water partition coefficient (Wildman–Crippen LogP) is 2.95. The molecule has 0 unspecified atom stereocenters. The third kappa shape index (κ3) is 5.49. The molecule has 1 saturated heterocycles. The van der Waals surface area contributed by atoms with Crippen molar-refractivity contribution in [3.05, 3.63) is 59.7 Å². The SMILES string of the molecule is COc1ccc(-c2noc(CN3CCN(CC(=O)Nc4ccc(C)c(F)c4)CC3)n2)cc1. The minimum Gasteiger partial charge on any atom is -0.497 e. The number of amides is 1. The number of carbonyl (C=O) groups excluding carboxylic acids is 1. The van der Waals surface area contributed by atoms with Gasteiger partial charge in [0.25, 0.3) is 0 Å². The van der Waals surface area contributed by atoms with Crippen LogP contribution in [-0.2, 0) is 11.3 Å². The number of hydrogen-bond acceptors (Lipinski definition) is 7. The largest absolute Gasteiger partial charge is 0.497 e. The van der Waals surface area contributed by atoms with Crippen LogP contribution in [0, 0.1) is 12.7 Å². The highest BCUT2D eigenvalue weighted by molar-refractivity contribution is 5.92. The average molecular weight is 439 g/mol. The maximum Gasteiger partial charge on any atom is 0.241 e. The first-order valence-corrected chi connectivity index (χ1v) is 10.5. The van der Waals surface area contributed by atoms with Crippen molar-refractivity contribution >= 4 is 11.6 Å². The zero-order valence-corrected chi connectivity index (χ0v) is 18.2. The van der Waals surface area contributed by atoms with Crippen molar-refractivity contribution in [2.24, 2.45) is 0 Å². The minimum absolute atomic E-state index is 0.150. The van der Waals surface area contributed by atoms with Gasteiger partial charge in [0.1, 0.15) is 11.6 Å². The molecule has 0 spiro atoms. The Kier molecular flexibility index (Phi) is 6.77. The first-order valence-electron chi connectivity index (χ1n) is 10.5. The van der Waals surface area contributed by atoms with Crippen LogP contribution in [-0.4, -0.2) is 65.7 Å². The van der Waals surface area contributed by atoms with Crippen molar-refractivity contribution in [3.63, 3.8) is 0 Å². The van der Waals surface area contributed by atoms with Gasteiger partial charge in [-0.15, -0.1) is 0 Å². The molecule has 168 valence electrons. The molecule has 2 aromatic carbocycles. The van der Waals surface area contributed by atoms with Gasteiger partial charge < -0.3 is 14.6 Å². The quantitative estimate of drug-likeness (QED) is 0.606. The summed E-state index contributed by atoms with van der Waals surface area (Å²) in [6.07, 6.45) is 0. The molecular formula is C23H26FN5O3. The number of benzene rings is 2. The Bertz CT molecular complexity index is 1060. The van der Waals surface area contributed by atoms with E-state index < -0.39 is 0 Å². The number of piperazine rings is 1. The van der Waals surface area contributed by atoms with Gasteiger partial charge in [-0.2, -0.15) is 4.98 Å². The van der Waals surface area contributed by atoms with Gasteiger partial charge in [0.05, 0.1) is 20.2 Å². The molecule has 0 saturated carbocycles. The first kappa shape index (κ1) is 21.9. The summed E-state index contributed by atoms with van der Waals surface area (Å²) in [6, 6.07) is 12.2. The van der Waals surface area contributed by atoms with E-state index in [4.69, 9.17) is 9.26 Å². The number of halogens is 1. The number of aryl methyl sites for hydroxylation is 1. The Morgan fingerprint density at radius 1 is 1.12 bits per heavy atom. The van der Waals surface area contributed by atoms with E-state index in [0.717, 1.165) is 37.5 Å². The molecule has 1 aliphatic heterocycles. The van der Waals surface area contributed by atoms with E-state index >= 15 is 0 Å². The molecule has 1 N–H and O–H groups in total. The van der Waals surface area contributed by atoms with Gasteiger partial charge in [0, 0.05) is 37.4 Å². The van der Waals surface area contributed by atoms with Crippen LogP contribution < -0.4 is 10.1 Å². The van der Waals surface area contributed by atoms with Gasteiger partial charge in [-0.25, -0.2) is 4.39 Å². The molecule has 9 heteroatoms. The normalized spacial score (nSPS) is 15.0. The van der Waals surface area contributed by atoms with Crippen LogP contribution in [0.1, 0.15) is 11.5 Å². The number of nitrogens with one attached hydrogen (secondary N) is 1. The Balaban J connectivity index is 1.24. The highest BCUT2D eigenvalue weighted by atomic mass is 19.1. The van der Waals surface area contributed by atoms with Crippen molar-refractivity contribution in [2.45, 2.75) is 13.5 Å². The van der Waals surface area contributed by atoms with Crippen LogP contribution in [0.4, 0.5) is 10.1 Å². The van der Waals surface area contributed by atoms with Gasteiger partial charge in [0.2, 0.25) is 17.6 Å². The van der Waals surface area contributed by atoms with Crippen molar-refractivity contribution in [3.8, 4) is 17.1 Å². The fraction of sp³-hybridized carbons (Fsp3) is 0.348. The Morgan fingerprint density at radius 3 is 2.53 bits per heavy atom. The number of aromatic nitrogens is 2. The molecular weight excluding hydrogens is 413 g/mol. The van der Waals surface area contributed by atoms with E-state index in [-0.39, 0.29) is 18.3 Å². The highest BCUT2D eigenvalue weighted by Crippen LogP contribution is 2.20. The third-order valence-electron chi connectivity index (χ3n) is 5.46. The van der Waals surface area contributed by atoms with Gasteiger partial charge in [0.15, 0.2) is 0 Å². The van der Waals surface area contributed by atoms with Gasteiger partial charge in [-0.05, 0) is 48.9 Å². The number of nitrogens with zero attached hydrogens (tertiary/aromatic N) is 4. The fourth-order valence-electron chi connectivity index (χ4n) is 3.55.